The van der Waals surface area contributed by atoms with Crippen LogP contribution in [-0.4, -0.2) is 17.9 Å². The molecular weight excluding hydrogens is 286 g/mol. The summed E-state index contributed by atoms with van der Waals surface area (Å²) < 4.78 is 5.87. The van der Waals surface area contributed by atoms with Crippen LogP contribution in [0.4, 0.5) is 0 Å². The summed E-state index contributed by atoms with van der Waals surface area (Å²) in [6, 6.07) is 17.9. The molecule has 3 rings (SSSR count). The van der Waals surface area contributed by atoms with Gasteiger partial charge in [-0.2, -0.15) is 0 Å². The molecule has 0 aliphatic rings. The maximum absolute atomic E-state index is 12.5. The van der Waals surface area contributed by atoms with Crippen molar-refractivity contribution in [2.45, 2.75) is 26.3 Å². The molecule has 23 heavy (non-hydrogen) atoms. The van der Waals surface area contributed by atoms with Gasteiger partial charge in [-0.05, 0) is 31.5 Å². The number of hydrogen-bond acceptors (Lipinski definition) is 2. The van der Waals surface area contributed by atoms with Gasteiger partial charge in [0.1, 0.15) is 11.3 Å². The van der Waals surface area contributed by atoms with E-state index in [4.69, 9.17) is 4.42 Å². The monoisotopic (exact) mass is 307 g/mol. The van der Waals surface area contributed by atoms with Crippen LogP contribution in [0.5, 0.6) is 0 Å². The Morgan fingerprint density at radius 3 is 2.52 bits per heavy atom. The molecule has 0 bridgehead atoms. The lowest BCUT2D eigenvalue weighted by molar-refractivity contribution is -0.131. The fraction of sp³-hybridized carbons (Fsp3) is 0.250. The van der Waals surface area contributed by atoms with Crippen molar-refractivity contribution in [3.8, 4) is 0 Å². The standard InChI is InChI=1S/C20H21NO2/c1-14-8-10-16(11-9-14)12-20(22)21(3)15(2)19-13-17-6-4-5-7-18(17)23-19/h4-11,13,15H,12H2,1-3H3/t15-/m1/s1. The smallest absolute Gasteiger partial charge is 0.227 e. The second kappa shape index (κ2) is 6.29. The molecule has 3 nitrogen and oxygen atoms in total. The Morgan fingerprint density at radius 2 is 1.83 bits per heavy atom. The first kappa shape index (κ1) is 15.3. The van der Waals surface area contributed by atoms with Crippen molar-refractivity contribution in [3.63, 3.8) is 0 Å². The number of benzene rings is 2. The van der Waals surface area contributed by atoms with Gasteiger partial charge in [0.25, 0.3) is 0 Å². The lowest BCUT2D eigenvalue weighted by Gasteiger charge is -2.23. The molecule has 118 valence electrons. The first-order chi connectivity index (χ1) is 11.0. The van der Waals surface area contributed by atoms with Gasteiger partial charge in [-0.1, -0.05) is 48.0 Å². The fourth-order valence-electron chi connectivity index (χ4n) is 2.62. The number of nitrogens with zero attached hydrogens (tertiary/aromatic N) is 1. The predicted octanol–water partition coefficient (Wildman–Crippen LogP) is 4.50. The molecule has 0 aliphatic heterocycles. The molecule has 0 N–H and O–H groups in total. The quantitative estimate of drug-likeness (QED) is 0.711. The average molecular weight is 307 g/mol. The van der Waals surface area contributed by atoms with Gasteiger partial charge < -0.3 is 9.32 Å². The molecule has 0 spiro atoms. The van der Waals surface area contributed by atoms with Crippen molar-refractivity contribution >= 4 is 16.9 Å². The molecule has 0 saturated carbocycles. The minimum atomic E-state index is -0.0969. The van der Waals surface area contributed by atoms with Crippen molar-refractivity contribution < 1.29 is 9.21 Å². The van der Waals surface area contributed by atoms with E-state index in [2.05, 4.69) is 0 Å². The van der Waals surface area contributed by atoms with Crippen molar-refractivity contribution in [2.24, 2.45) is 0 Å². The highest BCUT2D eigenvalue weighted by Gasteiger charge is 2.20. The third-order valence-corrected chi connectivity index (χ3v) is 4.31. The molecule has 1 heterocycles. The maximum Gasteiger partial charge on any atom is 0.227 e. The van der Waals surface area contributed by atoms with E-state index in [9.17, 15) is 4.79 Å². The van der Waals surface area contributed by atoms with Crippen LogP contribution in [0, 0.1) is 6.92 Å². The van der Waals surface area contributed by atoms with Crippen LogP contribution in [0.2, 0.25) is 0 Å². The van der Waals surface area contributed by atoms with Gasteiger partial charge in [0.05, 0.1) is 12.5 Å². The van der Waals surface area contributed by atoms with E-state index >= 15 is 0 Å². The number of furan rings is 1. The van der Waals surface area contributed by atoms with E-state index in [0.29, 0.717) is 6.42 Å². The Balaban J connectivity index is 1.74. The van der Waals surface area contributed by atoms with Crippen LogP contribution in [0.3, 0.4) is 0 Å². The van der Waals surface area contributed by atoms with E-state index in [1.54, 1.807) is 4.90 Å². The maximum atomic E-state index is 12.5. The minimum absolute atomic E-state index is 0.0850. The highest BCUT2D eigenvalue weighted by atomic mass is 16.3. The van der Waals surface area contributed by atoms with Crippen molar-refractivity contribution in [1.29, 1.82) is 0 Å². The molecule has 0 saturated heterocycles. The van der Waals surface area contributed by atoms with Gasteiger partial charge in [0, 0.05) is 12.4 Å². The zero-order chi connectivity index (χ0) is 16.4. The van der Waals surface area contributed by atoms with Crippen LogP contribution < -0.4 is 0 Å². The summed E-state index contributed by atoms with van der Waals surface area (Å²) in [6.45, 7) is 4.03. The van der Waals surface area contributed by atoms with Crippen LogP contribution in [-0.2, 0) is 11.2 Å². The largest absolute Gasteiger partial charge is 0.459 e. The molecule has 1 amide bonds. The zero-order valence-electron chi connectivity index (χ0n) is 13.7. The number of amides is 1. The predicted molar refractivity (Wildman–Crippen MR) is 92.3 cm³/mol. The molecule has 0 fully saturated rings. The van der Waals surface area contributed by atoms with Gasteiger partial charge in [-0.25, -0.2) is 0 Å². The number of aryl methyl sites for hydroxylation is 1. The minimum Gasteiger partial charge on any atom is -0.459 e. The van der Waals surface area contributed by atoms with Gasteiger partial charge in [-0.3, -0.25) is 4.79 Å². The van der Waals surface area contributed by atoms with E-state index in [-0.39, 0.29) is 11.9 Å². The summed E-state index contributed by atoms with van der Waals surface area (Å²) in [6.07, 6.45) is 0.404. The van der Waals surface area contributed by atoms with Gasteiger partial charge in [0.2, 0.25) is 5.91 Å². The summed E-state index contributed by atoms with van der Waals surface area (Å²) >= 11 is 0. The average Bonchev–Trinajstić information content (AvgIpc) is 2.99. The van der Waals surface area contributed by atoms with Gasteiger partial charge in [-0.15, -0.1) is 0 Å². The normalized spacial score (nSPS) is 12.3. The number of fused-ring (bicyclic) bond motifs is 1. The second-order valence-corrected chi connectivity index (χ2v) is 6.03. The van der Waals surface area contributed by atoms with Gasteiger partial charge >= 0.3 is 0 Å². The second-order valence-electron chi connectivity index (χ2n) is 6.03. The van der Waals surface area contributed by atoms with Crippen molar-refractivity contribution in [2.75, 3.05) is 7.05 Å². The van der Waals surface area contributed by atoms with Crippen LogP contribution in [0.15, 0.2) is 59.0 Å². The topological polar surface area (TPSA) is 33.5 Å². The Hall–Kier alpha value is -2.55. The van der Waals surface area contributed by atoms with Gasteiger partial charge in [0.15, 0.2) is 0 Å². The summed E-state index contributed by atoms with van der Waals surface area (Å²) in [5, 5.41) is 1.06. The zero-order valence-corrected chi connectivity index (χ0v) is 13.7. The summed E-state index contributed by atoms with van der Waals surface area (Å²) in [7, 11) is 1.83. The van der Waals surface area contributed by atoms with Crippen LogP contribution >= 0.6 is 0 Å². The van der Waals surface area contributed by atoms with Crippen LogP contribution in [0.25, 0.3) is 11.0 Å². The van der Waals surface area contributed by atoms with E-state index in [1.807, 2.05) is 75.5 Å². The molecule has 1 atom stereocenters. The number of carbonyl (C=O) groups excluding carboxylic acids is 1. The lowest BCUT2D eigenvalue weighted by atomic mass is 10.1. The van der Waals surface area contributed by atoms with Crippen molar-refractivity contribution in [3.05, 3.63) is 71.5 Å². The first-order valence-corrected chi connectivity index (χ1v) is 7.84. The Kier molecular flexibility index (Phi) is 4.20. The lowest BCUT2D eigenvalue weighted by Crippen LogP contribution is -2.30. The molecule has 3 heteroatoms. The first-order valence-electron chi connectivity index (χ1n) is 7.84. The third-order valence-electron chi connectivity index (χ3n) is 4.31. The molecule has 3 aromatic rings. The van der Waals surface area contributed by atoms with Crippen molar-refractivity contribution in [1.82, 2.24) is 4.90 Å². The molecular formula is C20H21NO2. The van der Waals surface area contributed by atoms with E-state index in [1.165, 1.54) is 5.56 Å². The molecule has 0 unspecified atom stereocenters. The highest BCUT2D eigenvalue weighted by molar-refractivity contribution is 5.80. The SMILES string of the molecule is Cc1ccc(CC(=O)N(C)[C@H](C)c2cc3ccccc3o2)cc1. The van der Waals surface area contributed by atoms with Crippen LogP contribution in [0.1, 0.15) is 29.9 Å². The highest BCUT2D eigenvalue weighted by Crippen LogP contribution is 2.27. The molecule has 0 radical (unpaired) electrons. The molecule has 2 aromatic carbocycles. The summed E-state index contributed by atoms with van der Waals surface area (Å²) in [4.78, 5) is 14.3. The number of para-hydroxylation sites is 1. The Labute approximate surface area is 136 Å². The Bertz CT molecular complexity index is 784. The molecule has 1 aromatic heterocycles. The summed E-state index contributed by atoms with van der Waals surface area (Å²) in [5.41, 5.74) is 3.09. The number of rotatable bonds is 4. The Morgan fingerprint density at radius 1 is 1.13 bits per heavy atom. The number of likely N-dealkylation sites (N-methyl/N-ethyl adjacent to an activating group) is 1. The van der Waals surface area contributed by atoms with E-state index in [0.717, 1.165) is 22.3 Å². The molecule has 0 aliphatic carbocycles. The fourth-order valence-corrected chi connectivity index (χ4v) is 2.62. The number of carbonyl (C=O) groups is 1. The third kappa shape index (κ3) is 3.29. The number of hydrogen-bond donors (Lipinski definition) is 0. The van der Waals surface area contributed by atoms with E-state index < -0.39 is 0 Å². The summed E-state index contributed by atoms with van der Waals surface area (Å²) in [5.74, 6) is 0.896.